The summed E-state index contributed by atoms with van der Waals surface area (Å²) >= 11 is 0. The number of hydrogen-bond donors (Lipinski definition) is 1. The predicted octanol–water partition coefficient (Wildman–Crippen LogP) is 2.92. The van der Waals surface area contributed by atoms with Crippen molar-refractivity contribution in [1.82, 2.24) is 4.90 Å². The van der Waals surface area contributed by atoms with E-state index in [0.29, 0.717) is 18.5 Å². The quantitative estimate of drug-likeness (QED) is 0.922. The SMILES string of the molecule is O=C(O)[C@H]1CCCCN1C(=O)c1cccc2ccccc12. The van der Waals surface area contributed by atoms with E-state index in [-0.39, 0.29) is 5.91 Å². The average Bonchev–Trinajstić information content (AvgIpc) is 2.53. The van der Waals surface area contributed by atoms with Crippen LogP contribution in [0.4, 0.5) is 0 Å². The van der Waals surface area contributed by atoms with E-state index < -0.39 is 12.0 Å². The topological polar surface area (TPSA) is 57.6 Å². The Balaban J connectivity index is 2.01. The number of fused-ring (bicyclic) bond motifs is 1. The van der Waals surface area contributed by atoms with Crippen molar-refractivity contribution in [2.24, 2.45) is 0 Å². The molecule has 1 heterocycles. The van der Waals surface area contributed by atoms with Gasteiger partial charge in [-0.2, -0.15) is 0 Å². The fourth-order valence-electron chi connectivity index (χ4n) is 3.00. The molecule has 1 aliphatic heterocycles. The van der Waals surface area contributed by atoms with Gasteiger partial charge in [0.25, 0.3) is 5.91 Å². The van der Waals surface area contributed by atoms with Crippen molar-refractivity contribution in [1.29, 1.82) is 0 Å². The summed E-state index contributed by atoms with van der Waals surface area (Å²) in [5.41, 5.74) is 0.584. The Morgan fingerprint density at radius 3 is 2.62 bits per heavy atom. The molecule has 0 radical (unpaired) electrons. The monoisotopic (exact) mass is 283 g/mol. The molecule has 0 aliphatic carbocycles. The fraction of sp³-hybridized carbons (Fsp3) is 0.294. The van der Waals surface area contributed by atoms with Crippen molar-refractivity contribution in [2.45, 2.75) is 25.3 Å². The summed E-state index contributed by atoms with van der Waals surface area (Å²) in [6.45, 7) is 0.513. The third-order valence-corrected chi connectivity index (χ3v) is 4.07. The van der Waals surface area contributed by atoms with Crippen LogP contribution in [0.25, 0.3) is 10.8 Å². The van der Waals surface area contributed by atoms with E-state index >= 15 is 0 Å². The highest BCUT2D eigenvalue weighted by Gasteiger charge is 2.32. The maximum atomic E-state index is 12.8. The number of carbonyl (C=O) groups excluding carboxylic acids is 1. The molecule has 4 nitrogen and oxygen atoms in total. The molecule has 4 heteroatoms. The summed E-state index contributed by atoms with van der Waals surface area (Å²) in [5.74, 6) is -1.10. The molecule has 0 bridgehead atoms. The first-order chi connectivity index (χ1) is 10.2. The molecule has 2 aromatic rings. The standard InChI is InChI=1S/C17H17NO3/c19-16(18-11-4-3-10-15(18)17(20)21)14-9-5-7-12-6-1-2-8-13(12)14/h1-2,5-9,15H,3-4,10-11H2,(H,20,21)/t15-/m1/s1. The predicted molar refractivity (Wildman–Crippen MR) is 80.3 cm³/mol. The Labute approximate surface area is 123 Å². The first kappa shape index (κ1) is 13.6. The van der Waals surface area contributed by atoms with Crippen molar-refractivity contribution in [2.75, 3.05) is 6.54 Å². The van der Waals surface area contributed by atoms with Crippen LogP contribution < -0.4 is 0 Å². The number of benzene rings is 2. The second kappa shape index (κ2) is 5.56. The second-order valence-electron chi connectivity index (χ2n) is 5.38. The van der Waals surface area contributed by atoms with Crippen LogP contribution in [-0.2, 0) is 4.79 Å². The Kier molecular flexibility index (Phi) is 3.60. The third-order valence-electron chi connectivity index (χ3n) is 4.07. The van der Waals surface area contributed by atoms with Gasteiger partial charge in [-0.1, -0.05) is 36.4 Å². The first-order valence-electron chi connectivity index (χ1n) is 7.20. The van der Waals surface area contributed by atoms with Crippen molar-refractivity contribution >= 4 is 22.6 Å². The summed E-state index contributed by atoms with van der Waals surface area (Å²) in [6, 6.07) is 12.6. The van der Waals surface area contributed by atoms with Gasteiger partial charge in [-0.15, -0.1) is 0 Å². The van der Waals surface area contributed by atoms with Crippen LogP contribution in [0.15, 0.2) is 42.5 Å². The van der Waals surface area contributed by atoms with Crippen molar-refractivity contribution in [3.63, 3.8) is 0 Å². The average molecular weight is 283 g/mol. The van der Waals surface area contributed by atoms with E-state index in [1.165, 1.54) is 4.90 Å². The Morgan fingerprint density at radius 2 is 1.81 bits per heavy atom. The van der Waals surface area contributed by atoms with Gasteiger partial charge in [0, 0.05) is 12.1 Å². The molecule has 1 amide bonds. The first-order valence-corrected chi connectivity index (χ1v) is 7.20. The number of rotatable bonds is 2. The molecule has 2 aromatic carbocycles. The van der Waals surface area contributed by atoms with E-state index in [4.69, 9.17) is 0 Å². The number of piperidine rings is 1. The van der Waals surface area contributed by atoms with Gasteiger partial charge in [-0.25, -0.2) is 4.79 Å². The summed E-state index contributed by atoms with van der Waals surface area (Å²) < 4.78 is 0. The Hall–Kier alpha value is -2.36. The molecular weight excluding hydrogens is 266 g/mol. The molecule has 108 valence electrons. The van der Waals surface area contributed by atoms with Crippen molar-refractivity contribution in [3.8, 4) is 0 Å². The van der Waals surface area contributed by atoms with Gasteiger partial charge < -0.3 is 10.0 Å². The molecule has 0 aromatic heterocycles. The van der Waals surface area contributed by atoms with Gasteiger partial charge in [0.2, 0.25) is 0 Å². The van der Waals surface area contributed by atoms with E-state index in [9.17, 15) is 14.7 Å². The zero-order valence-electron chi connectivity index (χ0n) is 11.7. The van der Waals surface area contributed by atoms with Crippen LogP contribution in [0, 0.1) is 0 Å². The van der Waals surface area contributed by atoms with Gasteiger partial charge in [-0.05, 0) is 36.1 Å². The minimum atomic E-state index is -0.914. The third kappa shape index (κ3) is 2.49. The number of amides is 1. The largest absolute Gasteiger partial charge is 0.480 e. The highest BCUT2D eigenvalue weighted by atomic mass is 16.4. The van der Waals surface area contributed by atoms with Crippen molar-refractivity contribution in [3.05, 3.63) is 48.0 Å². The lowest BCUT2D eigenvalue weighted by molar-refractivity contribution is -0.143. The van der Waals surface area contributed by atoms with Gasteiger partial charge in [0.1, 0.15) is 6.04 Å². The molecule has 3 rings (SSSR count). The van der Waals surface area contributed by atoms with Crippen LogP contribution in [-0.4, -0.2) is 34.5 Å². The van der Waals surface area contributed by atoms with Gasteiger partial charge >= 0.3 is 5.97 Å². The highest BCUT2D eigenvalue weighted by Crippen LogP contribution is 2.24. The van der Waals surface area contributed by atoms with Gasteiger partial charge in [-0.3, -0.25) is 4.79 Å². The number of carboxylic acid groups (broad SMARTS) is 1. The summed E-state index contributed by atoms with van der Waals surface area (Å²) in [4.78, 5) is 25.7. The Bertz CT molecular complexity index is 690. The lowest BCUT2D eigenvalue weighted by Crippen LogP contribution is -2.48. The normalized spacial score (nSPS) is 18.7. The minimum absolute atomic E-state index is 0.182. The Morgan fingerprint density at radius 1 is 1.05 bits per heavy atom. The maximum absolute atomic E-state index is 12.8. The van der Waals surface area contributed by atoms with Crippen molar-refractivity contribution < 1.29 is 14.7 Å². The van der Waals surface area contributed by atoms with Crippen LogP contribution in [0.2, 0.25) is 0 Å². The zero-order chi connectivity index (χ0) is 14.8. The maximum Gasteiger partial charge on any atom is 0.326 e. The summed E-state index contributed by atoms with van der Waals surface area (Å²) in [7, 11) is 0. The number of likely N-dealkylation sites (tertiary alicyclic amines) is 1. The molecule has 1 aliphatic rings. The molecule has 0 unspecified atom stereocenters. The van der Waals surface area contributed by atoms with Gasteiger partial charge in [0.15, 0.2) is 0 Å². The molecule has 1 N–H and O–H groups in total. The summed E-state index contributed by atoms with van der Waals surface area (Å²) in [6.07, 6.45) is 2.25. The fourth-order valence-corrected chi connectivity index (χ4v) is 3.00. The number of nitrogens with zero attached hydrogens (tertiary/aromatic N) is 1. The molecule has 21 heavy (non-hydrogen) atoms. The van der Waals surface area contributed by atoms with E-state index in [1.54, 1.807) is 6.07 Å². The van der Waals surface area contributed by atoms with Gasteiger partial charge in [0.05, 0.1) is 0 Å². The van der Waals surface area contributed by atoms with E-state index in [2.05, 4.69) is 0 Å². The molecule has 1 saturated heterocycles. The molecule has 0 spiro atoms. The van der Waals surface area contributed by atoms with Crippen LogP contribution in [0.1, 0.15) is 29.6 Å². The summed E-state index contributed by atoms with van der Waals surface area (Å²) in [5, 5.41) is 11.2. The number of aliphatic carboxylic acids is 1. The molecular formula is C17H17NO3. The van der Waals surface area contributed by atoms with E-state index in [1.807, 2.05) is 36.4 Å². The van der Waals surface area contributed by atoms with Crippen LogP contribution in [0.5, 0.6) is 0 Å². The number of carbonyl (C=O) groups is 2. The lowest BCUT2D eigenvalue weighted by Gasteiger charge is -2.33. The van der Waals surface area contributed by atoms with Crippen LogP contribution >= 0.6 is 0 Å². The van der Waals surface area contributed by atoms with Crippen LogP contribution in [0.3, 0.4) is 0 Å². The lowest BCUT2D eigenvalue weighted by atomic mass is 9.98. The molecule has 0 saturated carbocycles. The molecule has 1 fully saturated rings. The minimum Gasteiger partial charge on any atom is -0.480 e. The number of carboxylic acids is 1. The second-order valence-corrected chi connectivity index (χ2v) is 5.38. The smallest absolute Gasteiger partial charge is 0.326 e. The molecule has 1 atom stereocenters. The number of hydrogen-bond acceptors (Lipinski definition) is 2. The highest BCUT2D eigenvalue weighted by molar-refractivity contribution is 6.07. The zero-order valence-corrected chi connectivity index (χ0v) is 11.7. The van der Waals surface area contributed by atoms with E-state index in [0.717, 1.165) is 23.6 Å².